The molecule has 0 fully saturated rings. The Hall–Kier alpha value is -1.55. The van der Waals surface area contributed by atoms with Gasteiger partial charge >= 0.3 is 5.97 Å². The van der Waals surface area contributed by atoms with Crippen molar-refractivity contribution in [3.8, 4) is 5.75 Å². The van der Waals surface area contributed by atoms with Gasteiger partial charge in [0, 0.05) is 12.5 Å². The summed E-state index contributed by atoms with van der Waals surface area (Å²) >= 11 is 0. The molecule has 0 radical (unpaired) electrons. The highest BCUT2D eigenvalue weighted by molar-refractivity contribution is 5.80. The number of esters is 1. The predicted octanol–water partition coefficient (Wildman–Crippen LogP) is 2.69. The summed E-state index contributed by atoms with van der Waals surface area (Å²) in [5, 5.41) is 3.25. The summed E-state index contributed by atoms with van der Waals surface area (Å²) in [6, 6.07) is 8.06. The quantitative estimate of drug-likeness (QED) is 0.780. The number of aryl methyl sites for hydroxylation is 1. The Morgan fingerprint density at radius 2 is 1.90 bits per heavy atom. The first kappa shape index (κ1) is 16.5. The van der Waals surface area contributed by atoms with E-state index in [-0.39, 0.29) is 12.0 Å². The van der Waals surface area contributed by atoms with E-state index < -0.39 is 5.54 Å². The molecule has 0 aliphatic carbocycles. The molecule has 1 unspecified atom stereocenters. The van der Waals surface area contributed by atoms with Crippen LogP contribution in [0.4, 0.5) is 0 Å². The summed E-state index contributed by atoms with van der Waals surface area (Å²) in [5.74, 6) is 0.547. The van der Waals surface area contributed by atoms with Gasteiger partial charge in [-0.15, -0.1) is 0 Å². The largest absolute Gasteiger partial charge is 0.494 e. The minimum Gasteiger partial charge on any atom is -0.494 e. The zero-order valence-electron chi connectivity index (χ0n) is 13.0. The molecule has 0 aliphatic rings. The number of ether oxygens (including phenoxy) is 2. The standard InChI is InChI=1S/C16H25NO3/c1-12(2)17-16(4,15(18)19-5)10-11-20-14-8-6-13(3)7-9-14/h6-9,12,17H,10-11H2,1-5H3. The lowest BCUT2D eigenvalue weighted by Gasteiger charge is -2.30. The minimum atomic E-state index is -0.729. The van der Waals surface area contributed by atoms with Crippen LogP contribution in [0.5, 0.6) is 5.75 Å². The molecule has 0 amide bonds. The Kier molecular flexibility index (Phi) is 6.02. The summed E-state index contributed by atoms with van der Waals surface area (Å²) < 4.78 is 10.6. The Bertz CT molecular complexity index is 428. The fourth-order valence-electron chi connectivity index (χ4n) is 2.10. The number of carbonyl (C=O) groups excluding carboxylic acids is 1. The van der Waals surface area contributed by atoms with Crippen LogP contribution in [0, 0.1) is 6.92 Å². The smallest absolute Gasteiger partial charge is 0.325 e. The second kappa shape index (κ2) is 7.29. The number of benzene rings is 1. The van der Waals surface area contributed by atoms with Crippen LogP contribution in [0.15, 0.2) is 24.3 Å². The van der Waals surface area contributed by atoms with Crippen molar-refractivity contribution in [2.24, 2.45) is 0 Å². The number of nitrogens with one attached hydrogen (secondary N) is 1. The zero-order chi connectivity index (χ0) is 15.2. The lowest BCUT2D eigenvalue weighted by Crippen LogP contribution is -2.53. The molecule has 0 aromatic heterocycles. The van der Waals surface area contributed by atoms with Gasteiger partial charge in [0.2, 0.25) is 0 Å². The van der Waals surface area contributed by atoms with Crippen LogP contribution in [0.3, 0.4) is 0 Å². The highest BCUT2D eigenvalue weighted by atomic mass is 16.5. The maximum absolute atomic E-state index is 11.9. The third kappa shape index (κ3) is 4.85. The van der Waals surface area contributed by atoms with Crippen molar-refractivity contribution in [1.29, 1.82) is 0 Å². The molecule has 0 bridgehead atoms. The van der Waals surface area contributed by atoms with E-state index >= 15 is 0 Å². The molecule has 0 saturated heterocycles. The number of hydrogen-bond acceptors (Lipinski definition) is 4. The van der Waals surface area contributed by atoms with Crippen molar-refractivity contribution in [2.75, 3.05) is 13.7 Å². The fourth-order valence-corrected chi connectivity index (χ4v) is 2.10. The van der Waals surface area contributed by atoms with Crippen LogP contribution < -0.4 is 10.1 Å². The third-order valence-corrected chi connectivity index (χ3v) is 3.13. The highest BCUT2D eigenvalue weighted by Crippen LogP contribution is 2.16. The molecule has 0 spiro atoms. The Morgan fingerprint density at radius 3 is 2.40 bits per heavy atom. The average Bonchev–Trinajstić information content (AvgIpc) is 2.39. The van der Waals surface area contributed by atoms with Crippen molar-refractivity contribution in [3.63, 3.8) is 0 Å². The van der Waals surface area contributed by atoms with Gasteiger partial charge in [0.15, 0.2) is 0 Å². The SMILES string of the molecule is COC(=O)C(C)(CCOc1ccc(C)cc1)NC(C)C. The summed E-state index contributed by atoms with van der Waals surface area (Å²) in [6.45, 7) is 8.33. The maximum Gasteiger partial charge on any atom is 0.325 e. The van der Waals surface area contributed by atoms with Crippen LogP contribution in [0.1, 0.15) is 32.8 Å². The van der Waals surface area contributed by atoms with Gasteiger partial charge in [-0.05, 0) is 39.8 Å². The van der Waals surface area contributed by atoms with Gasteiger partial charge in [-0.2, -0.15) is 0 Å². The lowest BCUT2D eigenvalue weighted by molar-refractivity contribution is -0.148. The molecule has 1 aromatic carbocycles. The summed E-state index contributed by atoms with van der Waals surface area (Å²) in [7, 11) is 1.41. The number of methoxy groups -OCH3 is 1. The van der Waals surface area contributed by atoms with Crippen molar-refractivity contribution in [3.05, 3.63) is 29.8 Å². The van der Waals surface area contributed by atoms with Crippen LogP contribution in [-0.4, -0.2) is 31.3 Å². The molecule has 20 heavy (non-hydrogen) atoms. The first-order valence-corrected chi connectivity index (χ1v) is 6.93. The van der Waals surface area contributed by atoms with Crippen molar-refractivity contribution in [1.82, 2.24) is 5.32 Å². The molecule has 1 aromatic rings. The number of rotatable bonds is 7. The van der Waals surface area contributed by atoms with E-state index in [9.17, 15) is 4.79 Å². The van der Waals surface area contributed by atoms with E-state index in [1.165, 1.54) is 12.7 Å². The third-order valence-electron chi connectivity index (χ3n) is 3.13. The van der Waals surface area contributed by atoms with Gasteiger partial charge in [-0.3, -0.25) is 10.1 Å². The predicted molar refractivity (Wildman–Crippen MR) is 80.0 cm³/mol. The molecule has 0 saturated carbocycles. The fraction of sp³-hybridized carbons (Fsp3) is 0.562. The number of carbonyl (C=O) groups is 1. The first-order chi connectivity index (χ1) is 9.37. The number of hydrogen-bond donors (Lipinski definition) is 1. The Morgan fingerprint density at radius 1 is 1.30 bits per heavy atom. The molecule has 1 N–H and O–H groups in total. The van der Waals surface area contributed by atoms with Gasteiger partial charge in [0.05, 0.1) is 13.7 Å². The molecule has 0 heterocycles. The second-order valence-electron chi connectivity index (χ2n) is 5.53. The van der Waals surface area contributed by atoms with Gasteiger partial charge in [0.1, 0.15) is 11.3 Å². The average molecular weight is 279 g/mol. The second-order valence-corrected chi connectivity index (χ2v) is 5.53. The molecule has 4 nitrogen and oxygen atoms in total. The van der Waals surface area contributed by atoms with E-state index in [0.717, 1.165) is 5.75 Å². The van der Waals surface area contributed by atoms with Crippen molar-refractivity contribution >= 4 is 5.97 Å². The molecule has 4 heteroatoms. The topological polar surface area (TPSA) is 47.6 Å². The van der Waals surface area contributed by atoms with Crippen LogP contribution >= 0.6 is 0 Å². The minimum absolute atomic E-state index is 0.193. The molecule has 1 atom stereocenters. The van der Waals surface area contributed by atoms with Crippen molar-refractivity contribution in [2.45, 2.75) is 45.7 Å². The normalized spacial score (nSPS) is 13.9. The highest BCUT2D eigenvalue weighted by Gasteiger charge is 2.34. The molecule has 0 aliphatic heterocycles. The maximum atomic E-state index is 11.9. The zero-order valence-corrected chi connectivity index (χ0v) is 13.0. The lowest BCUT2D eigenvalue weighted by atomic mass is 9.97. The van der Waals surface area contributed by atoms with E-state index in [0.29, 0.717) is 13.0 Å². The Balaban J connectivity index is 2.58. The summed E-state index contributed by atoms with van der Waals surface area (Å²) in [6.07, 6.45) is 0.547. The molecule has 112 valence electrons. The molecular formula is C16H25NO3. The van der Waals surface area contributed by atoms with E-state index in [1.807, 2.05) is 52.0 Å². The van der Waals surface area contributed by atoms with E-state index in [2.05, 4.69) is 5.32 Å². The van der Waals surface area contributed by atoms with Crippen molar-refractivity contribution < 1.29 is 14.3 Å². The summed E-state index contributed by atoms with van der Waals surface area (Å²) in [4.78, 5) is 11.9. The monoisotopic (exact) mass is 279 g/mol. The Labute approximate surface area is 121 Å². The first-order valence-electron chi connectivity index (χ1n) is 6.93. The van der Waals surface area contributed by atoms with E-state index in [1.54, 1.807) is 0 Å². The van der Waals surface area contributed by atoms with Crippen LogP contribution in [0.25, 0.3) is 0 Å². The molecular weight excluding hydrogens is 254 g/mol. The summed E-state index contributed by atoms with van der Waals surface area (Å²) in [5.41, 5.74) is 0.464. The molecule has 1 rings (SSSR count). The van der Waals surface area contributed by atoms with E-state index in [4.69, 9.17) is 9.47 Å². The van der Waals surface area contributed by atoms with Gasteiger partial charge in [-0.1, -0.05) is 17.7 Å². The van der Waals surface area contributed by atoms with Gasteiger partial charge in [0.25, 0.3) is 0 Å². The van der Waals surface area contributed by atoms with Crippen LogP contribution in [-0.2, 0) is 9.53 Å². The van der Waals surface area contributed by atoms with Gasteiger partial charge in [-0.25, -0.2) is 0 Å². The van der Waals surface area contributed by atoms with Crippen LogP contribution in [0.2, 0.25) is 0 Å². The van der Waals surface area contributed by atoms with Gasteiger partial charge < -0.3 is 9.47 Å².